The maximum absolute atomic E-state index is 10.4. The van der Waals surface area contributed by atoms with Crippen molar-refractivity contribution in [2.75, 3.05) is 19.0 Å². The minimum atomic E-state index is -0.944. The maximum Gasteiger partial charge on any atom is 0.167 e. The molecule has 3 aromatic rings. The summed E-state index contributed by atoms with van der Waals surface area (Å²) in [5, 5.41) is 23.4. The average Bonchev–Trinajstić information content (AvgIpc) is 3.35. The highest BCUT2D eigenvalue weighted by molar-refractivity contribution is 5.83. The van der Waals surface area contributed by atoms with Gasteiger partial charge in [-0.2, -0.15) is 0 Å². The molecule has 1 aromatic carbocycles. The van der Waals surface area contributed by atoms with Crippen molar-refractivity contribution in [3.05, 3.63) is 48.0 Å². The summed E-state index contributed by atoms with van der Waals surface area (Å²) in [5.41, 5.74) is 3.86. The number of aromatic nitrogens is 4. The summed E-state index contributed by atoms with van der Waals surface area (Å²) in [5.74, 6) is 0.659. The monoisotopic (exact) mass is 411 g/mol. The third-order valence-electron chi connectivity index (χ3n) is 6.08. The molecule has 0 radical (unpaired) electrons. The van der Waals surface area contributed by atoms with Crippen LogP contribution in [0.1, 0.15) is 36.2 Å². The van der Waals surface area contributed by atoms with Gasteiger partial charge in [0, 0.05) is 7.11 Å². The predicted octanol–water partition coefficient (Wildman–Crippen LogP) is 1.58. The van der Waals surface area contributed by atoms with Gasteiger partial charge in [0.25, 0.3) is 0 Å². The summed E-state index contributed by atoms with van der Waals surface area (Å²) in [6, 6.07) is 8.64. The first-order valence-corrected chi connectivity index (χ1v) is 10.2. The third-order valence-corrected chi connectivity index (χ3v) is 6.08. The molecule has 1 fully saturated rings. The van der Waals surface area contributed by atoms with Crippen LogP contribution in [0.5, 0.6) is 0 Å². The molecule has 1 aliphatic carbocycles. The highest BCUT2D eigenvalue weighted by Gasteiger charge is 2.45. The van der Waals surface area contributed by atoms with E-state index in [1.807, 2.05) is 0 Å². The summed E-state index contributed by atoms with van der Waals surface area (Å²) in [4.78, 5) is 13.4. The molecule has 9 heteroatoms. The van der Waals surface area contributed by atoms with E-state index in [9.17, 15) is 10.2 Å². The predicted molar refractivity (Wildman–Crippen MR) is 109 cm³/mol. The summed E-state index contributed by atoms with van der Waals surface area (Å²) < 4.78 is 13.0. The first-order valence-electron chi connectivity index (χ1n) is 10.2. The first-order chi connectivity index (χ1) is 14.7. The van der Waals surface area contributed by atoms with Crippen molar-refractivity contribution < 1.29 is 19.7 Å². The van der Waals surface area contributed by atoms with Crippen LogP contribution >= 0.6 is 0 Å². The highest BCUT2D eigenvalue weighted by atomic mass is 16.6. The number of nitrogens with one attached hydrogen (secondary N) is 1. The van der Waals surface area contributed by atoms with E-state index in [0.29, 0.717) is 17.0 Å². The van der Waals surface area contributed by atoms with E-state index < -0.39 is 24.5 Å². The van der Waals surface area contributed by atoms with Gasteiger partial charge in [-0.05, 0) is 30.4 Å². The molecule has 5 atom stereocenters. The molecule has 3 heterocycles. The van der Waals surface area contributed by atoms with Gasteiger partial charge in [-0.15, -0.1) is 0 Å². The highest BCUT2D eigenvalue weighted by Crippen LogP contribution is 2.36. The average molecular weight is 411 g/mol. The van der Waals surface area contributed by atoms with Crippen molar-refractivity contribution >= 4 is 17.0 Å². The van der Waals surface area contributed by atoms with Gasteiger partial charge in [0.1, 0.15) is 24.6 Å². The van der Waals surface area contributed by atoms with E-state index in [1.54, 1.807) is 10.9 Å². The van der Waals surface area contributed by atoms with Gasteiger partial charge in [-0.1, -0.05) is 24.3 Å². The molecule has 2 aliphatic rings. The lowest BCUT2D eigenvalue weighted by molar-refractivity contribution is -0.0583. The van der Waals surface area contributed by atoms with E-state index in [1.165, 1.54) is 24.6 Å². The molecule has 158 valence electrons. The second-order valence-electron chi connectivity index (χ2n) is 7.77. The second kappa shape index (κ2) is 7.92. The maximum atomic E-state index is 10.4. The summed E-state index contributed by atoms with van der Waals surface area (Å²) in [6.45, 7) is -0.299. The molecule has 5 rings (SSSR count). The van der Waals surface area contributed by atoms with Crippen molar-refractivity contribution in [3.63, 3.8) is 0 Å². The van der Waals surface area contributed by atoms with Gasteiger partial charge in [0.05, 0.1) is 19.0 Å². The Hall–Kier alpha value is -2.59. The molecule has 3 N–H and O–H groups in total. The van der Waals surface area contributed by atoms with E-state index in [0.717, 1.165) is 19.3 Å². The van der Waals surface area contributed by atoms with Crippen LogP contribution < -0.4 is 5.32 Å². The minimum Gasteiger partial charge on any atom is -0.394 e. The van der Waals surface area contributed by atoms with Gasteiger partial charge < -0.3 is 25.0 Å². The van der Waals surface area contributed by atoms with Gasteiger partial charge >= 0.3 is 0 Å². The Morgan fingerprint density at radius 3 is 2.97 bits per heavy atom. The van der Waals surface area contributed by atoms with E-state index in [2.05, 4.69) is 44.5 Å². The first kappa shape index (κ1) is 19.4. The number of aryl methyl sites for hydroxylation is 1. The Bertz CT molecular complexity index is 1040. The molecule has 1 unspecified atom stereocenters. The van der Waals surface area contributed by atoms with Crippen molar-refractivity contribution in [2.24, 2.45) is 0 Å². The fraction of sp³-hybridized carbons (Fsp3) is 0.476. The van der Waals surface area contributed by atoms with Crippen LogP contribution in [0.25, 0.3) is 11.2 Å². The van der Waals surface area contributed by atoms with E-state index in [4.69, 9.17) is 9.47 Å². The van der Waals surface area contributed by atoms with Gasteiger partial charge in [0.15, 0.2) is 23.2 Å². The normalized spacial score (nSPS) is 28.6. The van der Waals surface area contributed by atoms with Crippen molar-refractivity contribution in [1.82, 2.24) is 19.5 Å². The topological polar surface area (TPSA) is 115 Å². The molecule has 0 saturated carbocycles. The van der Waals surface area contributed by atoms with Crippen LogP contribution in [-0.2, 0) is 15.9 Å². The summed E-state index contributed by atoms with van der Waals surface area (Å²) in [6.07, 6.45) is 3.37. The Balaban J connectivity index is 1.48. The minimum absolute atomic E-state index is 0.160. The van der Waals surface area contributed by atoms with Gasteiger partial charge in [-0.25, -0.2) is 15.0 Å². The van der Waals surface area contributed by atoms with Gasteiger partial charge in [0.2, 0.25) is 0 Å². The number of anilines is 1. The van der Waals surface area contributed by atoms with Crippen LogP contribution in [0.4, 0.5) is 5.82 Å². The number of benzene rings is 1. The number of nitrogens with zero attached hydrogens (tertiary/aromatic N) is 4. The molecule has 2 aromatic heterocycles. The number of aliphatic hydroxyl groups excluding tert-OH is 2. The molecular weight excluding hydrogens is 386 g/mol. The SMILES string of the molecule is CO[C@@H]1[C@H](O)[C@@H](CO)O[C@H]1n1cnc2c(NC3CCCc4ccccc43)ncnc21. The summed E-state index contributed by atoms with van der Waals surface area (Å²) >= 11 is 0. The Kier molecular flexibility index (Phi) is 5.11. The number of rotatable bonds is 5. The fourth-order valence-corrected chi connectivity index (χ4v) is 4.56. The molecule has 0 spiro atoms. The van der Waals surface area contributed by atoms with Crippen molar-refractivity contribution in [1.29, 1.82) is 0 Å². The van der Waals surface area contributed by atoms with Crippen LogP contribution in [0.3, 0.4) is 0 Å². The molecular formula is C21H25N5O4. The lowest BCUT2D eigenvalue weighted by Gasteiger charge is -2.26. The number of fused-ring (bicyclic) bond motifs is 2. The third kappa shape index (κ3) is 3.14. The Labute approximate surface area is 173 Å². The zero-order chi connectivity index (χ0) is 20.7. The van der Waals surface area contributed by atoms with E-state index >= 15 is 0 Å². The van der Waals surface area contributed by atoms with Crippen LogP contribution in [0, 0.1) is 0 Å². The fourth-order valence-electron chi connectivity index (χ4n) is 4.56. The largest absolute Gasteiger partial charge is 0.394 e. The number of methoxy groups -OCH3 is 1. The smallest absolute Gasteiger partial charge is 0.167 e. The molecule has 30 heavy (non-hydrogen) atoms. The van der Waals surface area contributed by atoms with Crippen LogP contribution in [0.2, 0.25) is 0 Å². The Morgan fingerprint density at radius 2 is 2.13 bits per heavy atom. The van der Waals surface area contributed by atoms with E-state index in [-0.39, 0.29) is 12.6 Å². The molecule has 0 bridgehead atoms. The van der Waals surface area contributed by atoms with Crippen molar-refractivity contribution in [2.45, 2.75) is 49.8 Å². The quantitative estimate of drug-likeness (QED) is 0.580. The number of ether oxygens (including phenoxy) is 2. The molecule has 9 nitrogen and oxygen atoms in total. The number of hydrogen-bond donors (Lipinski definition) is 3. The number of hydrogen-bond acceptors (Lipinski definition) is 8. The number of aliphatic hydroxyl groups is 2. The zero-order valence-electron chi connectivity index (χ0n) is 16.7. The van der Waals surface area contributed by atoms with Gasteiger partial charge in [-0.3, -0.25) is 4.57 Å². The molecule has 1 aliphatic heterocycles. The molecule has 1 saturated heterocycles. The van der Waals surface area contributed by atoms with Crippen molar-refractivity contribution in [3.8, 4) is 0 Å². The van der Waals surface area contributed by atoms with Crippen LogP contribution in [0.15, 0.2) is 36.9 Å². The lowest BCUT2D eigenvalue weighted by atomic mass is 9.88. The second-order valence-corrected chi connectivity index (χ2v) is 7.77. The van der Waals surface area contributed by atoms with Crippen LogP contribution in [-0.4, -0.2) is 61.8 Å². The lowest BCUT2D eigenvalue weighted by Crippen LogP contribution is -2.34. The number of imidazole rings is 1. The molecule has 0 amide bonds. The Morgan fingerprint density at radius 1 is 1.27 bits per heavy atom. The summed E-state index contributed by atoms with van der Waals surface area (Å²) in [7, 11) is 1.51. The zero-order valence-corrected chi connectivity index (χ0v) is 16.7. The standard InChI is InChI=1S/C21H25N5O4/c1-29-18-17(28)15(9-27)30-21(18)26-11-24-16-19(22-10-23-20(16)26)25-14-8-4-6-12-5-2-3-7-13(12)14/h2-3,5,7,10-11,14-15,17-18,21,27-28H,4,6,8-9H2,1H3,(H,22,23,25)/t14?,15-,17-,18-,21-/m1/s1.